The lowest BCUT2D eigenvalue weighted by Crippen LogP contribution is -2.23. The van der Waals surface area contributed by atoms with E-state index in [0.717, 1.165) is 5.56 Å². The zero-order valence-corrected chi connectivity index (χ0v) is 9.60. The Morgan fingerprint density at radius 1 is 1.39 bits per heavy atom. The summed E-state index contributed by atoms with van der Waals surface area (Å²) in [5.41, 5.74) is 8.00. The van der Waals surface area contributed by atoms with Crippen LogP contribution in [0.1, 0.15) is 21.6 Å². The van der Waals surface area contributed by atoms with Crippen LogP contribution >= 0.6 is 0 Å². The molecule has 0 fully saturated rings. The fraction of sp³-hybridized carbons (Fsp3) is 0.0769. The van der Waals surface area contributed by atoms with E-state index in [1.165, 1.54) is 0 Å². The van der Waals surface area contributed by atoms with E-state index in [9.17, 15) is 4.79 Å². The Morgan fingerprint density at radius 3 is 2.67 bits per heavy atom. The van der Waals surface area contributed by atoms with Gasteiger partial charge >= 0.3 is 0 Å². The Balaban J connectivity index is 1.95. The van der Waals surface area contributed by atoms with Gasteiger partial charge in [0, 0.05) is 18.4 Å². The minimum absolute atomic E-state index is 0.212. The first-order valence-electron chi connectivity index (χ1n) is 5.40. The molecule has 90 valence electrons. The first kappa shape index (κ1) is 11.7. The Bertz CT molecular complexity index is 592. The highest BCUT2D eigenvalue weighted by molar-refractivity contribution is 5.93. The zero-order valence-electron chi connectivity index (χ0n) is 9.60. The van der Waals surface area contributed by atoms with Crippen molar-refractivity contribution in [2.45, 2.75) is 6.54 Å². The quantitative estimate of drug-likeness (QED) is 0.756. The van der Waals surface area contributed by atoms with Crippen LogP contribution in [0.5, 0.6) is 0 Å². The standard InChI is InChI=1S/C13H12N4O/c14-6-9-1-3-10(4-2-9)7-17-13(18)12-5-11(15)8-16-12/h1-5,8,16H,7,15H2,(H,17,18). The van der Waals surface area contributed by atoms with E-state index >= 15 is 0 Å². The molecule has 0 aliphatic rings. The number of carbonyl (C=O) groups excluding carboxylic acids is 1. The van der Waals surface area contributed by atoms with E-state index in [-0.39, 0.29) is 5.91 Å². The third-order valence-electron chi connectivity index (χ3n) is 2.49. The van der Waals surface area contributed by atoms with Crippen LogP contribution in [0.3, 0.4) is 0 Å². The van der Waals surface area contributed by atoms with E-state index in [4.69, 9.17) is 11.0 Å². The number of amides is 1. The number of nitrogens with zero attached hydrogens (tertiary/aromatic N) is 1. The summed E-state index contributed by atoms with van der Waals surface area (Å²) >= 11 is 0. The van der Waals surface area contributed by atoms with Crippen molar-refractivity contribution in [1.29, 1.82) is 5.26 Å². The molecule has 5 heteroatoms. The Morgan fingerprint density at radius 2 is 2.11 bits per heavy atom. The summed E-state index contributed by atoms with van der Waals surface area (Å²) in [7, 11) is 0. The molecule has 0 aliphatic carbocycles. The molecule has 1 aromatic heterocycles. The number of H-pyrrole nitrogens is 1. The average molecular weight is 240 g/mol. The molecule has 1 amide bonds. The minimum Gasteiger partial charge on any atom is -0.397 e. The lowest BCUT2D eigenvalue weighted by molar-refractivity contribution is 0.0946. The maximum absolute atomic E-state index is 11.7. The highest BCUT2D eigenvalue weighted by atomic mass is 16.1. The number of aromatic amines is 1. The van der Waals surface area contributed by atoms with Crippen molar-refractivity contribution in [2.75, 3.05) is 5.73 Å². The number of carbonyl (C=O) groups is 1. The molecule has 0 aliphatic heterocycles. The van der Waals surface area contributed by atoms with Gasteiger partial charge in [0.1, 0.15) is 5.69 Å². The van der Waals surface area contributed by atoms with Crippen molar-refractivity contribution in [3.8, 4) is 6.07 Å². The van der Waals surface area contributed by atoms with E-state index < -0.39 is 0 Å². The molecule has 0 saturated heterocycles. The van der Waals surface area contributed by atoms with Crippen LogP contribution in [0.4, 0.5) is 5.69 Å². The van der Waals surface area contributed by atoms with Crippen molar-refractivity contribution in [1.82, 2.24) is 10.3 Å². The van der Waals surface area contributed by atoms with E-state index in [1.807, 2.05) is 18.2 Å². The first-order chi connectivity index (χ1) is 8.69. The normalized spacial score (nSPS) is 9.72. The molecule has 1 heterocycles. The molecule has 0 bridgehead atoms. The number of hydrogen-bond donors (Lipinski definition) is 3. The van der Waals surface area contributed by atoms with Crippen LogP contribution in [0.25, 0.3) is 0 Å². The third-order valence-corrected chi connectivity index (χ3v) is 2.49. The largest absolute Gasteiger partial charge is 0.397 e. The first-order valence-corrected chi connectivity index (χ1v) is 5.40. The van der Waals surface area contributed by atoms with Gasteiger partial charge in [-0.2, -0.15) is 5.26 Å². The fourth-order valence-corrected chi connectivity index (χ4v) is 1.52. The molecule has 5 nitrogen and oxygen atoms in total. The lowest BCUT2D eigenvalue weighted by Gasteiger charge is -2.03. The number of nitrogen functional groups attached to an aromatic ring is 1. The van der Waals surface area contributed by atoms with Crippen LogP contribution in [0.15, 0.2) is 36.5 Å². The van der Waals surface area contributed by atoms with Crippen molar-refractivity contribution in [2.24, 2.45) is 0 Å². The second-order valence-electron chi connectivity index (χ2n) is 3.84. The van der Waals surface area contributed by atoms with Crippen molar-refractivity contribution in [3.63, 3.8) is 0 Å². The maximum Gasteiger partial charge on any atom is 0.268 e. The summed E-state index contributed by atoms with van der Waals surface area (Å²) < 4.78 is 0. The molecule has 18 heavy (non-hydrogen) atoms. The van der Waals surface area contributed by atoms with Gasteiger partial charge in [-0.1, -0.05) is 12.1 Å². The molecule has 1 aromatic carbocycles. The van der Waals surface area contributed by atoms with Crippen LogP contribution in [-0.4, -0.2) is 10.9 Å². The maximum atomic E-state index is 11.7. The molecular formula is C13H12N4O. The summed E-state index contributed by atoms with van der Waals surface area (Å²) in [5.74, 6) is -0.212. The monoisotopic (exact) mass is 240 g/mol. The Labute approximate surface area is 104 Å². The van der Waals surface area contributed by atoms with Gasteiger partial charge in [-0.05, 0) is 23.8 Å². The molecule has 2 aromatic rings. The van der Waals surface area contributed by atoms with Crippen molar-refractivity contribution in [3.05, 3.63) is 53.3 Å². The molecule has 0 unspecified atom stereocenters. The molecule has 0 atom stereocenters. The molecule has 0 radical (unpaired) electrons. The van der Waals surface area contributed by atoms with Gasteiger partial charge in [0.2, 0.25) is 0 Å². The summed E-state index contributed by atoms with van der Waals surface area (Å²) in [5, 5.41) is 11.4. The number of rotatable bonds is 3. The Hall–Kier alpha value is -2.74. The number of nitriles is 1. The van der Waals surface area contributed by atoms with Crippen molar-refractivity contribution < 1.29 is 4.79 Å². The number of hydrogen-bond acceptors (Lipinski definition) is 3. The van der Waals surface area contributed by atoms with Gasteiger partial charge in [-0.15, -0.1) is 0 Å². The van der Waals surface area contributed by atoms with Crippen LogP contribution in [0.2, 0.25) is 0 Å². The lowest BCUT2D eigenvalue weighted by atomic mass is 10.1. The average Bonchev–Trinajstić information content (AvgIpc) is 2.83. The van der Waals surface area contributed by atoms with Gasteiger partial charge in [-0.3, -0.25) is 4.79 Å². The zero-order chi connectivity index (χ0) is 13.0. The molecule has 4 N–H and O–H groups in total. The van der Waals surface area contributed by atoms with E-state index in [0.29, 0.717) is 23.5 Å². The number of benzene rings is 1. The summed E-state index contributed by atoms with van der Waals surface area (Å²) in [6.07, 6.45) is 1.57. The minimum atomic E-state index is -0.212. The summed E-state index contributed by atoms with van der Waals surface area (Å²) in [6.45, 7) is 0.406. The van der Waals surface area contributed by atoms with Gasteiger partial charge in [0.25, 0.3) is 5.91 Å². The number of aromatic nitrogens is 1. The van der Waals surface area contributed by atoms with Crippen LogP contribution in [0, 0.1) is 11.3 Å². The van der Waals surface area contributed by atoms with Crippen molar-refractivity contribution >= 4 is 11.6 Å². The highest BCUT2D eigenvalue weighted by Gasteiger charge is 2.06. The van der Waals surface area contributed by atoms with Crippen LogP contribution in [-0.2, 0) is 6.54 Å². The molecular weight excluding hydrogens is 228 g/mol. The van der Waals surface area contributed by atoms with E-state index in [1.54, 1.807) is 24.4 Å². The second-order valence-corrected chi connectivity index (χ2v) is 3.84. The smallest absolute Gasteiger partial charge is 0.268 e. The molecule has 0 saturated carbocycles. The summed E-state index contributed by atoms with van der Waals surface area (Å²) in [6, 6.07) is 10.7. The fourth-order valence-electron chi connectivity index (χ4n) is 1.52. The number of nitrogens with one attached hydrogen (secondary N) is 2. The van der Waals surface area contributed by atoms with Gasteiger partial charge < -0.3 is 16.0 Å². The Kier molecular flexibility index (Phi) is 3.30. The second kappa shape index (κ2) is 5.06. The van der Waals surface area contributed by atoms with Gasteiger partial charge in [0.15, 0.2) is 0 Å². The van der Waals surface area contributed by atoms with E-state index in [2.05, 4.69) is 10.3 Å². The predicted octanol–water partition coefficient (Wildman–Crippen LogP) is 1.40. The number of nitrogens with two attached hydrogens (primary N) is 1. The third kappa shape index (κ3) is 2.68. The van der Waals surface area contributed by atoms with Gasteiger partial charge in [-0.25, -0.2) is 0 Å². The van der Waals surface area contributed by atoms with Crippen LogP contribution < -0.4 is 11.1 Å². The summed E-state index contributed by atoms with van der Waals surface area (Å²) in [4.78, 5) is 14.5. The SMILES string of the molecule is N#Cc1ccc(CNC(=O)c2cc(N)c[nH]2)cc1. The van der Waals surface area contributed by atoms with Gasteiger partial charge in [0.05, 0.1) is 11.6 Å². The number of anilines is 1. The molecule has 0 spiro atoms. The topological polar surface area (TPSA) is 94.7 Å². The highest BCUT2D eigenvalue weighted by Crippen LogP contribution is 2.06. The molecule has 2 rings (SSSR count). The predicted molar refractivity (Wildman–Crippen MR) is 67.5 cm³/mol.